The molecule has 0 atom stereocenters. The summed E-state index contributed by atoms with van der Waals surface area (Å²) in [4.78, 5) is 30.4. The number of aliphatic hydroxyl groups is 1. The lowest BCUT2D eigenvalue weighted by atomic mass is 9.82. The summed E-state index contributed by atoms with van der Waals surface area (Å²) in [7, 11) is 1.43. The number of nitrogens with zero attached hydrogens (tertiary/aromatic N) is 5. The SMILES string of the molecule is COC(=O)C1CCC(Cn2nnc(-c3cc(C)nc(C(=O)NCc4cccc(CO)c4)c3)n2)CC1. The number of carbonyl (C=O) groups excluding carboxylic acids is 2. The number of rotatable bonds is 8. The van der Waals surface area contributed by atoms with Crippen LogP contribution in [0.15, 0.2) is 36.4 Å². The van der Waals surface area contributed by atoms with Crippen molar-refractivity contribution in [3.05, 3.63) is 58.9 Å². The summed E-state index contributed by atoms with van der Waals surface area (Å²) in [5.74, 6) is 0.361. The number of carbonyl (C=O) groups is 2. The van der Waals surface area contributed by atoms with E-state index in [-0.39, 0.29) is 30.1 Å². The van der Waals surface area contributed by atoms with Gasteiger partial charge >= 0.3 is 5.97 Å². The predicted octanol–water partition coefficient (Wildman–Crippen LogP) is 2.45. The van der Waals surface area contributed by atoms with Crippen molar-refractivity contribution in [2.45, 2.75) is 52.3 Å². The van der Waals surface area contributed by atoms with E-state index < -0.39 is 0 Å². The van der Waals surface area contributed by atoms with Crippen molar-refractivity contribution in [2.75, 3.05) is 7.11 Å². The highest BCUT2D eigenvalue weighted by Crippen LogP contribution is 2.30. The van der Waals surface area contributed by atoms with Crippen molar-refractivity contribution in [1.29, 1.82) is 0 Å². The summed E-state index contributed by atoms with van der Waals surface area (Å²) in [5.41, 5.74) is 3.30. The smallest absolute Gasteiger partial charge is 0.308 e. The molecule has 0 unspecified atom stereocenters. The maximum absolute atomic E-state index is 12.8. The number of aromatic nitrogens is 5. The van der Waals surface area contributed by atoms with Crippen molar-refractivity contribution in [2.24, 2.45) is 11.8 Å². The molecule has 0 saturated heterocycles. The zero-order chi connectivity index (χ0) is 24.8. The largest absolute Gasteiger partial charge is 0.469 e. The van der Waals surface area contributed by atoms with Crippen molar-refractivity contribution in [3.63, 3.8) is 0 Å². The molecule has 0 spiro atoms. The van der Waals surface area contributed by atoms with Crippen LogP contribution in [0, 0.1) is 18.8 Å². The van der Waals surface area contributed by atoms with Gasteiger partial charge in [-0.25, -0.2) is 4.98 Å². The average Bonchev–Trinajstić information content (AvgIpc) is 3.35. The summed E-state index contributed by atoms with van der Waals surface area (Å²) in [6.45, 7) is 2.72. The molecular formula is C25H30N6O4. The van der Waals surface area contributed by atoms with Crippen LogP contribution in [0.25, 0.3) is 11.4 Å². The van der Waals surface area contributed by atoms with Crippen LogP contribution in [-0.4, -0.2) is 49.3 Å². The molecule has 3 aromatic rings. The minimum absolute atomic E-state index is 0.0153. The van der Waals surface area contributed by atoms with Crippen LogP contribution < -0.4 is 5.32 Å². The minimum atomic E-state index is -0.306. The standard InChI is InChI=1S/C25H30N6O4/c1-16-10-21(12-22(27-16)24(33)26-13-18-4-3-5-19(11-18)15-32)23-28-30-31(29-23)14-17-6-8-20(9-7-17)25(34)35-2/h3-5,10-12,17,20,32H,6-9,13-15H2,1-2H3,(H,26,33). The number of amides is 1. The van der Waals surface area contributed by atoms with Gasteiger partial charge in [-0.15, -0.1) is 10.2 Å². The van der Waals surface area contributed by atoms with Crippen LogP contribution >= 0.6 is 0 Å². The Labute approximate surface area is 203 Å². The maximum Gasteiger partial charge on any atom is 0.308 e. The lowest BCUT2D eigenvalue weighted by Crippen LogP contribution is -2.25. The highest BCUT2D eigenvalue weighted by molar-refractivity contribution is 5.93. The molecule has 0 bridgehead atoms. The maximum atomic E-state index is 12.8. The molecule has 0 radical (unpaired) electrons. The molecule has 2 aromatic heterocycles. The van der Waals surface area contributed by atoms with Gasteiger partial charge in [0, 0.05) is 17.8 Å². The Balaban J connectivity index is 1.39. The van der Waals surface area contributed by atoms with Gasteiger partial charge in [0.1, 0.15) is 5.69 Å². The lowest BCUT2D eigenvalue weighted by Gasteiger charge is -2.26. The number of aryl methyl sites for hydroxylation is 1. The number of ether oxygens (including phenoxy) is 1. The molecule has 1 aromatic carbocycles. The second-order valence-corrected chi connectivity index (χ2v) is 8.95. The number of nitrogens with one attached hydrogen (secondary N) is 1. The van der Waals surface area contributed by atoms with E-state index >= 15 is 0 Å². The summed E-state index contributed by atoms with van der Waals surface area (Å²) in [6.07, 6.45) is 3.45. The number of hydrogen-bond acceptors (Lipinski definition) is 8. The summed E-state index contributed by atoms with van der Waals surface area (Å²) in [6, 6.07) is 10.9. The number of hydrogen-bond donors (Lipinski definition) is 2. The number of tetrazole rings is 1. The molecule has 35 heavy (non-hydrogen) atoms. The monoisotopic (exact) mass is 478 g/mol. The molecule has 2 heterocycles. The number of aliphatic hydroxyl groups excluding tert-OH is 1. The summed E-state index contributed by atoms with van der Waals surface area (Å²) >= 11 is 0. The number of benzene rings is 1. The zero-order valence-corrected chi connectivity index (χ0v) is 20.0. The van der Waals surface area contributed by atoms with Gasteiger partial charge in [-0.3, -0.25) is 9.59 Å². The molecule has 1 saturated carbocycles. The van der Waals surface area contributed by atoms with E-state index in [9.17, 15) is 14.7 Å². The highest BCUT2D eigenvalue weighted by atomic mass is 16.5. The number of esters is 1. The number of pyridine rings is 1. The fourth-order valence-electron chi connectivity index (χ4n) is 4.44. The zero-order valence-electron chi connectivity index (χ0n) is 20.0. The molecule has 10 nitrogen and oxygen atoms in total. The van der Waals surface area contributed by atoms with Crippen LogP contribution in [0.5, 0.6) is 0 Å². The Morgan fingerprint density at radius 3 is 2.66 bits per heavy atom. The van der Waals surface area contributed by atoms with Crippen molar-refractivity contribution in [3.8, 4) is 11.4 Å². The summed E-state index contributed by atoms with van der Waals surface area (Å²) < 4.78 is 4.86. The van der Waals surface area contributed by atoms with Crippen molar-refractivity contribution < 1.29 is 19.4 Å². The average molecular weight is 479 g/mol. The molecule has 2 N–H and O–H groups in total. The van der Waals surface area contributed by atoms with Crippen LogP contribution in [0.4, 0.5) is 0 Å². The van der Waals surface area contributed by atoms with Gasteiger partial charge in [-0.05, 0) is 67.0 Å². The molecule has 1 aliphatic carbocycles. The van der Waals surface area contributed by atoms with E-state index in [4.69, 9.17) is 4.74 Å². The first-order valence-corrected chi connectivity index (χ1v) is 11.8. The Kier molecular flexibility index (Phi) is 7.81. The van der Waals surface area contributed by atoms with Gasteiger partial charge in [0.2, 0.25) is 5.82 Å². The third-order valence-corrected chi connectivity index (χ3v) is 6.33. The third-order valence-electron chi connectivity index (χ3n) is 6.33. The van der Waals surface area contributed by atoms with Crippen LogP contribution in [0.2, 0.25) is 0 Å². The molecule has 4 rings (SSSR count). The van der Waals surface area contributed by atoms with E-state index in [1.807, 2.05) is 37.3 Å². The first kappa shape index (κ1) is 24.5. The van der Waals surface area contributed by atoms with Crippen LogP contribution in [0.3, 0.4) is 0 Å². The number of methoxy groups -OCH3 is 1. The van der Waals surface area contributed by atoms with Gasteiger partial charge in [-0.2, -0.15) is 4.80 Å². The fraction of sp³-hybridized carbons (Fsp3) is 0.440. The first-order chi connectivity index (χ1) is 16.9. The fourth-order valence-corrected chi connectivity index (χ4v) is 4.44. The van der Waals surface area contributed by atoms with Crippen molar-refractivity contribution in [1.82, 2.24) is 30.5 Å². The van der Waals surface area contributed by atoms with E-state index in [2.05, 4.69) is 25.7 Å². The second kappa shape index (κ2) is 11.2. The van der Waals surface area contributed by atoms with Crippen LogP contribution in [0.1, 0.15) is 53.0 Å². The van der Waals surface area contributed by atoms with E-state index in [0.717, 1.165) is 36.8 Å². The van der Waals surface area contributed by atoms with Gasteiger partial charge in [0.15, 0.2) is 0 Å². The Morgan fingerprint density at radius 1 is 1.14 bits per heavy atom. The molecule has 0 aliphatic heterocycles. The Morgan fingerprint density at radius 2 is 1.91 bits per heavy atom. The molecule has 184 valence electrons. The second-order valence-electron chi connectivity index (χ2n) is 8.95. The predicted molar refractivity (Wildman–Crippen MR) is 127 cm³/mol. The van der Waals surface area contributed by atoms with Gasteiger partial charge in [0.25, 0.3) is 5.91 Å². The van der Waals surface area contributed by atoms with Crippen molar-refractivity contribution >= 4 is 11.9 Å². The molecular weight excluding hydrogens is 448 g/mol. The van der Waals surface area contributed by atoms with Gasteiger partial charge < -0.3 is 15.2 Å². The first-order valence-electron chi connectivity index (χ1n) is 11.8. The normalized spacial score (nSPS) is 17.7. The minimum Gasteiger partial charge on any atom is -0.469 e. The van der Waals surface area contributed by atoms with E-state index in [0.29, 0.717) is 36.1 Å². The molecule has 1 amide bonds. The Bertz CT molecular complexity index is 1190. The lowest BCUT2D eigenvalue weighted by molar-refractivity contribution is -0.146. The molecule has 10 heteroatoms. The molecule has 1 fully saturated rings. The quantitative estimate of drug-likeness (QED) is 0.472. The third kappa shape index (κ3) is 6.27. The molecule has 1 aliphatic rings. The van der Waals surface area contributed by atoms with E-state index in [1.54, 1.807) is 10.9 Å². The summed E-state index contributed by atoms with van der Waals surface area (Å²) in [5, 5.41) is 25.1. The van der Waals surface area contributed by atoms with Gasteiger partial charge in [-0.1, -0.05) is 24.3 Å². The van der Waals surface area contributed by atoms with E-state index in [1.165, 1.54) is 7.11 Å². The highest BCUT2D eigenvalue weighted by Gasteiger charge is 2.27. The van der Waals surface area contributed by atoms with Gasteiger partial charge in [0.05, 0.1) is 26.2 Å². The Hall–Kier alpha value is -3.66. The topological polar surface area (TPSA) is 132 Å². The van der Waals surface area contributed by atoms with Crippen LogP contribution in [-0.2, 0) is 29.2 Å².